The number of piperidine rings is 1. The zero-order valence-corrected chi connectivity index (χ0v) is 14.6. The summed E-state index contributed by atoms with van der Waals surface area (Å²) in [6.45, 7) is 8.11. The van der Waals surface area contributed by atoms with E-state index in [0.29, 0.717) is 0 Å². The molecular formula is C17H26N2O2S. The molecule has 1 aromatic rings. The molecule has 122 valence electrons. The molecule has 2 aliphatic heterocycles. The maximum Gasteiger partial charge on any atom is 0.252 e. The number of ether oxygens (including phenoxy) is 1. The van der Waals surface area contributed by atoms with Crippen LogP contribution in [0.3, 0.4) is 0 Å². The highest BCUT2D eigenvalue weighted by Crippen LogP contribution is 2.36. The Morgan fingerprint density at radius 1 is 1.32 bits per heavy atom. The molecular weight excluding hydrogens is 296 g/mol. The van der Waals surface area contributed by atoms with E-state index in [1.54, 1.807) is 11.3 Å². The third-order valence-corrected chi connectivity index (χ3v) is 5.51. The monoisotopic (exact) mass is 322 g/mol. The second kappa shape index (κ2) is 6.28. The highest BCUT2D eigenvalue weighted by Gasteiger charge is 2.36. The summed E-state index contributed by atoms with van der Waals surface area (Å²) < 4.78 is 5.60. The molecule has 0 saturated carbocycles. The summed E-state index contributed by atoms with van der Waals surface area (Å²) >= 11 is 1.70. The molecule has 2 aliphatic rings. The van der Waals surface area contributed by atoms with Crippen molar-refractivity contribution in [3.63, 3.8) is 0 Å². The van der Waals surface area contributed by atoms with E-state index in [4.69, 9.17) is 9.72 Å². The molecule has 0 bridgehead atoms. The summed E-state index contributed by atoms with van der Waals surface area (Å²) in [5.74, 6) is 0.176. The summed E-state index contributed by atoms with van der Waals surface area (Å²) in [6.07, 6.45) is 4.93. The Morgan fingerprint density at radius 3 is 2.77 bits per heavy atom. The Balaban J connectivity index is 1.80. The van der Waals surface area contributed by atoms with Gasteiger partial charge in [0.1, 0.15) is 11.1 Å². The van der Waals surface area contributed by atoms with E-state index in [0.717, 1.165) is 49.5 Å². The van der Waals surface area contributed by atoms with Crippen molar-refractivity contribution in [3.05, 3.63) is 16.1 Å². The van der Waals surface area contributed by atoms with Gasteiger partial charge in [-0.25, -0.2) is 4.98 Å². The number of hydrogen-bond acceptors (Lipinski definition) is 4. The quantitative estimate of drug-likeness (QED) is 0.834. The minimum atomic E-state index is -0.220. The fourth-order valence-electron chi connectivity index (χ4n) is 3.19. The maximum absolute atomic E-state index is 12.8. The van der Waals surface area contributed by atoms with Crippen LogP contribution in [0.15, 0.2) is 5.38 Å². The number of carbonyl (C=O) groups is 1. The molecule has 0 unspecified atom stereocenters. The van der Waals surface area contributed by atoms with Gasteiger partial charge in [-0.2, -0.15) is 0 Å². The van der Waals surface area contributed by atoms with Crippen molar-refractivity contribution in [2.24, 2.45) is 0 Å². The topological polar surface area (TPSA) is 42.4 Å². The molecule has 0 aliphatic carbocycles. The Labute approximate surface area is 136 Å². The molecule has 3 rings (SSSR count). The zero-order valence-electron chi connectivity index (χ0n) is 13.8. The number of amides is 1. The van der Waals surface area contributed by atoms with Crippen molar-refractivity contribution >= 4 is 17.2 Å². The fourth-order valence-corrected chi connectivity index (χ4v) is 4.39. The molecule has 0 radical (unpaired) electrons. The molecule has 0 N–H and O–H groups in total. The standard InChI is InChI=1S/C17H26N2O2S/c1-17(2,3)14-11-22-15(18-14)12-7-4-5-9-19(12)16(20)13-8-6-10-21-13/h11-13H,4-10H2,1-3H3/t12-,13-/m1/s1. The maximum atomic E-state index is 12.8. The van der Waals surface area contributed by atoms with Crippen molar-refractivity contribution in [1.29, 1.82) is 0 Å². The van der Waals surface area contributed by atoms with Crippen molar-refractivity contribution in [3.8, 4) is 0 Å². The molecule has 1 amide bonds. The lowest BCUT2D eigenvalue weighted by Crippen LogP contribution is -2.43. The normalized spacial score (nSPS) is 26.4. The summed E-state index contributed by atoms with van der Waals surface area (Å²) in [7, 11) is 0. The van der Waals surface area contributed by atoms with Gasteiger partial charge >= 0.3 is 0 Å². The van der Waals surface area contributed by atoms with Gasteiger partial charge in [0.2, 0.25) is 0 Å². The highest BCUT2D eigenvalue weighted by molar-refractivity contribution is 7.09. The fraction of sp³-hybridized carbons (Fsp3) is 0.765. The van der Waals surface area contributed by atoms with E-state index in [2.05, 4.69) is 26.2 Å². The van der Waals surface area contributed by atoms with Crippen LogP contribution in [0.4, 0.5) is 0 Å². The van der Waals surface area contributed by atoms with Crippen LogP contribution in [0.2, 0.25) is 0 Å². The Kier molecular flexibility index (Phi) is 4.55. The van der Waals surface area contributed by atoms with Crippen molar-refractivity contribution in [2.45, 2.75) is 70.4 Å². The molecule has 1 aromatic heterocycles. The highest BCUT2D eigenvalue weighted by atomic mass is 32.1. The van der Waals surface area contributed by atoms with E-state index in [-0.39, 0.29) is 23.5 Å². The lowest BCUT2D eigenvalue weighted by Gasteiger charge is -2.36. The molecule has 5 heteroatoms. The van der Waals surface area contributed by atoms with Gasteiger partial charge in [-0.1, -0.05) is 20.8 Å². The first-order valence-electron chi connectivity index (χ1n) is 8.35. The van der Waals surface area contributed by atoms with Crippen LogP contribution in [-0.4, -0.2) is 35.0 Å². The molecule has 22 heavy (non-hydrogen) atoms. The number of thiazole rings is 1. The van der Waals surface area contributed by atoms with Crippen molar-refractivity contribution in [2.75, 3.05) is 13.2 Å². The van der Waals surface area contributed by atoms with E-state index in [9.17, 15) is 4.79 Å². The van der Waals surface area contributed by atoms with Crippen LogP contribution < -0.4 is 0 Å². The summed E-state index contributed by atoms with van der Waals surface area (Å²) in [6, 6.07) is 0.145. The van der Waals surface area contributed by atoms with Gasteiger partial charge in [0.15, 0.2) is 0 Å². The van der Waals surface area contributed by atoms with Crippen molar-refractivity contribution < 1.29 is 9.53 Å². The second-order valence-corrected chi connectivity index (χ2v) is 8.26. The lowest BCUT2D eigenvalue weighted by atomic mass is 9.93. The molecule has 4 nitrogen and oxygen atoms in total. The molecule has 3 heterocycles. The van der Waals surface area contributed by atoms with Gasteiger partial charge in [-0.3, -0.25) is 4.79 Å². The largest absolute Gasteiger partial charge is 0.368 e. The number of aromatic nitrogens is 1. The first-order chi connectivity index (χ1) is 10.5. The molecule has 2 fully saturated rings. The Hall–Kier alpha value is -0.940. The van der Waals surface area contributed by atoms with E-state index in [1.807, 2.05) is 4.90 Å². The molecule has 2 saturated heterocycles. The second-order valence-electron chi connectivity index (χ2n) is 7.37. The zero-order chi connectivity index (χ0) is 15.7. The van der Waals surface area contributed by atoms with Crippen LogP contribution in [0, 0.1) is 0 Å². The predicted molar refractivity (Wildman–Crippen MR) is 88.1 cm³/mol. The molecule has 0 aromatic carbocycles. The van der Waals surface area contributed by atoms with Crippen molar-refractivity contribution in [1.82, 2.24) is 9.88 Å². The smallest absolute Gasteiger partial charge is 0.252 e. The van der Waals surface area contributed by atoms with E-state index < -0.39 is 0 Å². The minimum Gasteiger partial charge on any atom is -0.368 e. The average Bonchev–Trinajstić information content (AvgIpc) is 3.17. The predicted octanol–water partition coefficient (Wildman–Crippen LogP) is 3.67. The number of carbonyl (C=O) groups excluding carboxylic acids is 1. The Morgan fingerprint density at radius 2 is 2.14 bits per heavy atom. The third-order valence-electron chi connectivity index (χ3n) is 4.57. The van der Waals surface area contributed by atoms with Crippen LogP contribution in [0.1, 0.15) is 69.6 Å². The number of nitrogens with zero attached hydrogens (tertiary/aromatic N) is 2. The SMILES string of the molecule is CC(C)(C)c1csc([C@H]2CCCCN2C(=O)[C@H]2CCCO2)n1. The number of likely N-dealkylation sites (tertiary alicyclic amines) is 1. The third kappa shape index (κ3) is 3.20. The van der Waals surface area contributed by atoms with E-state index in [1.165, 1.54) is 6.42 Å². The summed E-state index contributed by atoms with van der Waals surface area (Å²) in [5, 5.41) is 3.24. The van der Waals surface area contributed by atoms with Gasteiger partial charge < -0.3 is 9.64 Å². The van der Waals surface area contributed by atoms with E-state index >= 15 is 0 Å². The first-order valence-corrected chi connectivity index (χ1v) is 9.23. The van der Waals surface area contributed by atoms with Crippen LogP contribution in [0.5, 0.6) is 0 Å². The number of rotatable bonds is 2. The summed E-state index contributed by atoms with van der Waals surface area (Å²) in [5.41, 5.74) is 1.19. The molecule has 0 spiro atoms. The molecule has 2 atom stereocenters. The van der Waals surface area contributed by atoms with Crippen LogP contribution in [0.25, 0.3) is 0 Å². The van der Waals surface area contributed by atoms with Gasteiger partial charge in [-0.05, 0) is 32.1 Å². The van der Waals surface area contributed by atoms with Gasteiger partial charge in [-0.15, -0.1) is 11.3 Å². The first kappa shape index (κ1) is 15.9. The van der Waals surface area contributed by atoms with Gasteiger partial charge in [0.05, 0.1) is 11.7 Å². The van der Waals surface area contributed by atoms with Crippen LogP contribution >= 0.6 is 11.3 Å². The minimum absolute atomic E-state index is 0.0623. The Bertz CT molecular complexity index is 529. The average molecular weight is 322 g/mol. The lowest BCUT2D eigenvalue weighted by molar-refractivity contribution is -0.145. The summed E-state index contributed by atoms with van der Waals surface area (Å²) in [4.78, 5) is 19.6. The number of hydrogen-bond donors (Lipinski definition) is 0. The van der Waals surface area contributed by atoms with Gasteiger partial charge in [0, 0.05) is 23.9 Å². The van der Waals surface area contributed by atoms with Crippen LogP contribution in [-0.2, 0) is 14.9 Å². The van der Waals surface area contributed by atoms with Gasteiger partial charge in [0.25, 0.3) is 5.91 Å².